The van der Waals surface area contributed by atoms with Gasteiger partial charge in [-0.2, -0.15) is 0 Å². The Morgan fingerprint density at radius 1 is 1.54 bits per heavy atom. The second-order valence-corrected chi connectivity index (χ2v) is 3.36. The smallest absolute Gasteiger partial charge is 0.469 e. The molecule has 0 aliphatic carbocycles. The van der Waals surface area contributed by atoms with E-state index in [1.807, 2.05) is 0 Å². The van der Waals surface area contributed by atoms with Crippen LogP contribution >= 0.6 is 7.82 Å². The predicted molar refractivity (Wildman–Crippen MR) is 41.8 cm³/mol. The summed E-state index contributed by atoms with van der Waals surface area (Å²) in [5, 5.41) is 8.29. The van der Waals surface area contributed by atoms with Crippen molar-refractivity contribution in [2.24, 2.45) is 5.73 Å². The van der Waals surface area contributed by atoms with Gasteiger partial charge >= 0.3 is 13.8 Å². The Balaban J connectivity index is 0. The molecule has 13 heavy (non-hydrogen) atoms. The highest BCUT2D eigenvalue weighted by molar-refractivity contribution is 7.46. The van der Waals surface area contributed by atoms with Crippen molar-refractivity contribution < 1.29 is 34.3 Å². The van der Waals surface area contributed by atoms with Gasteiger partial charge in [-0.1, -0.05) is 0 Å². The minimum atomic E-state index is -4.66. The number of carboxylic acids is 1. The lowest BCUT2D eigenvalue weighted by atomic mass is 10.2. The minimum Gasteiger partial charge on any atom is -0.480 e. The first-order valence-electron chi connectivity index (χ1n) is 2.96. The summed E-state index contributed by atoms with van der Waals surface area (Å²) in [6, 6.07) is -1.45. The van der Waals surface area contributed by atoms with Crippen molar-refractivity contribution in [1.82, 2.24) is 0 Å². The van der Waals surface area contributed by atoms with Gasteiger partial charge in [0.2, 0.25) is 0 Å². The van der Waals surface area contributed by atoms with E-state index >= 15 is 0 Å². The molecule has 7 N–H and O–H groups in total. The molecular formula is C4H12NO7P. The number of nitrogens with two attached hydrogens (primary N) is 1. The van der Waals surface area contributed by atoms with Gasteiger partial charge in [-0.05, 0) is 6.92 Å². The van der Waals surface area contributed by atoms with Gasteiger partial charge in [0.05, 0.1) is 6.10 Å². The van der Waals surface area contributed by atoms with Gasteiger partial charge in [0.25, 0.3) is 0 Å². The van der Waals surface area contributed by atoms with Crippen molar-refractivity contribution in [2.45, 2.75) is 19.1 Å². The Morgan fingerprint density at radius 2 is 1.92 bits per heavy atom. The number of hydrogen-bond donors (Lipinski definition) is 4. The van der Waals surface area contributed by atoms with Crippen molar-refractivity contribution in [3.05, 3.63) is 0 Å². The second kappa shape index (κ2) is 5.28. The van der Waals surface area contributed by atoms with E-state index in [-0.39, 0.29) is 5.48 Å². The molecule has 2 atom stereocenters. The summed E-state index contributed by atoms with van der Waals surface area (Å²) in [6.45, 7) is 1.16. The minimum absolute atomic E-state index is 0. The summed E-state index contributed by atoms with van der Waals surface area (Å²) in [6.07, 6.45) is -1.23. The van der Waals surface area contributed by atoms with Crippen LogP contribution in [0.5, 0.6) is 0 Å². The topological polar surface area (TPSA) is 162 Å². The molecule has 0 aromatic rings. The molecule has 0 aromatic heterocycles. The van der Waals surface area contributed by atoms with Crippen LogP contribution in [0.2, 0.25) is 0 Å². The van der Waals surface area contributed by atoms with Crippen molar-refractivity contribution >= 4 is 13.8 Å². The van der Waals surface area contributed by atoms with Gasteiger partial charge in [0.1, 0.15) is 6.04 Å². The van der Waals surface area contributed by atoms with Crippen molar-refractivity contribution in [2.75, 3.05) is 0 Å². The summed E-state index contributed by atoms with van der Waals surface area (Å²) >= 11 is 0. The Kier molecular flexibility index (Phi) is 6.09. The first kappa shape index (κ1) is 15.0. The molecule has 0 radical (unpaired) electrons. The zero-order valence-electron chi connectivity index (χ0n) is 6.75. The Hall–Kier alpha value is -0.500. The zero-order chi connectivity index (χ0) is 9.94. The van der Waals surface area contributed by atoms with Crippen LogP contribution in [0.4, 0.5) is 0 Å². The summed E-state index contributed by atoms with van der Waals surface area (Å²) in [5.41, 5.74) is 5.00. The van der Waals surface area contributed by atoms with Crippen molar-refractivity contribution in [3.8, 4) is 0 Å². The highest BCUT2D eigenvalue weighted by Crippen LogP contribution is 2.37. The van der Waals surface area contributed by atoms with Gasteiger partial charge in [-0.3, -0.25) is 9.32 Å². The number of carbonyl (C=O) groups is 1. The van der Waals surface area contributed by atoms with Gasteiger partial charge in [-0.25, -0.2) is 4.57 Å². The maximum Gasteiger partial charge on any atom is 0.469 e. The molecule has 0 saturated heterocycles. The van der Waals surface area contributed by atoms with E-state index < -0.39 is 25.9 Å². The quantitative estimate of drug-likeness (QED) is 0.398. The number of phosphoric ester groups is 1. The molecule has 0 saturated carbocycles. The Morgan fingerprint density at radius 3 is 2.15 bits per heavy atom. The lowest BCUT2D eigenvalue weighted by Gasteiger charge is -2.16. The summed E-state index contributed by atoms with van der Waals surface area (Å²) in [7, 11) is -4.66. The van der Waals surface area contributed by atoms with E-state index in [0.29, 0.717) is 0 Å². The molecule has 0 bridgehead atoms. The average Bonchev–Trinajstić information content (AvgIpc) is 1.82. The molecule has 0 amide bonds. The fraction of sp³-hybridized carbons (Fsp3) is 0.750. The van der Waals surface area contributed by atoms with E-state index in [1.165, 1.54) is 0 Å². The number of carboxylic acid groups (broad SMARTS) is 1. The average molecular weight is 217 g/mol. The van der Waals surface area contributed by atoms with Gasteiger partial charge in [0.15, 0.2) is 0 Å². The van der Waals surface area contributed by atoms with Crippen molar-refractivity contribution in [1.29, 1.82) is 0 Å². The monoisotopic (exact) mass is 217 g/mol. The first-order valence-corrected chi connectivity index (χ1v) is 4.49. The number of rotatable bonds is 4. The Labute approximate surface area is 73.9 Å². The normalized spacial score (nSPS) is 15.7. The first-order chi connectivity index (χ1) is 5.24. The fourth-order valence-electron chi connectivity index (χ4n) is 0.483. The van der Waals surface area contributed by atoms with E-state index in [4.69, 9.17) is 20.6 Å². The lowest BCUT2D eigenvalue weighted by molar-refractivity contribution is -0.140. The largest absolute Gasteiger partial charge is 0.480 e. The van der Waals surface area contributed by atoms with E-state index in [2.05, 4.69) is 4.52 Å². The lowest BCUT2D eigenvalue weighted by Crippen LogP contribution is -2.41. The van der Waals surface area contributed by atoms with Crippen LogP contribution in [0.3, 0.4) is 0 Å². The molecule has 0 spiro atoms. The second-order valence-electron chi connectivity index (χ2n) is 2.17. The van der Waals surface area contributed by atoms with Crippen LogP contribution in [0.1, 0.15) is 6.92 Å². The molecule has 8 nitrogen and oxygen atoms in total. The maximum atomic E-state index is 10.2. The van der Waals surface area contributed by atoms with E-state index in [9.17, 15) is 9.36 Å². The molecular weight excluding hydrogens is 205 g/mol. The molecule has 0 rings (SSSR count). The molecule has 80 valence electrons. The molecule has 9 heteroatoms. The third kappa shape index (κ3) is 6.64. The van der Waals surface area contributed by atoms with E-state index in [1.54, 1.807) is 0 Å². The Bertz CT molecular complexity index is 213. The third-order valence-corrected chi connectivity index (χ3v) is 1.70. The summed E-state index contributed by atoms with van der Waals surface area (Å²) in [5.74, 6) is -1.38. The third-order valence-electron chi connectivity index (χ3n) is 1.09. The predicted octanol–water partition coefficient (Wildman–Crippen LogP) is -1.93. The molecule has 0 heterocycles. The SMILES string of the molecule is CC(OP(=O)(O)O)C(N)C(=O)O.O. The molecule has 0 aliphatic rings. The summed E-state index contributed by atoms with van der Waals surface area (Å²) < 4.78 is 14.2. The number of aliphatic carboxylic acids is 1. The van der Waals surface area contributed by atoms with Crippen LogP contribution in [0.15, 0.2) is 0 Å². The fourth-order valence-corrected chi connectivity index (χ4v) is 1.05. The molecule has 0 aromatic carbocycles. The van der Waals surface area contributed by atoms with Crippen LogP contribution in [-0.2, 0) is 13.9 Å². The molecule has 2 unspecified atom stereocenters. The highest BCUT2D eigenvalue weighted by Gasteiger charge is 2.27. The van der Waals surface area contributed by atoms with Gasteiger partial charge in [0, 0.05) is 0 Å². The standard InChI is InChI=1S/C4H10NO6P.H2O/c1-2(3(5)4(6)7)11-12(8,9)10;/h2-3H,5H2,1H3,(H,6,7)(H2,8,9,10);1H2. The number of phosphoric acid groups is 1. The maximum absolute atomic E-state index is 10.2. The molecule has 0 fully saturated rings. The summed E-state index contributed by atoms with van der Waals surface area (Å²) in [4.78, 5) is 26.7. The van der Waals surface area contributed by atoms with Crippen LogP contribution in [0.25, 0.3) is 0 Å². The molecule has 0 aliphatic heterocycles. The highest BCUT2D eigenvalue weighted by atomic mass is 31.2. The van der Waals surface area contributed by atoms with Gasteiger partial charge < -0.3 is 26.1 Å². The van der Waals surface area contributed by atoms with Crippen molar-refractivity contribution in [3.63, 3.8) is 0 Å². The zero-order valence-corrected chi connectivity index (χ0v) is 7.64. The van der Waals surface area contributed by atoms with E-state index in [0.717, 1.165) is 6.92 Å². The number of hydrogen-bond acceptors (Lipinski definition) is 4. The van der Waals surface area contributed by atoms with Crippen LogP contribution in [-0.4, -0.2) is 38.5 Å². The van der Waals surface area contributed by atoms with Crippen LogP contribution < -0.4 is 5.73 Å². The van der Waals surface area contributed by atoms with Crippen LogP contribution in [0, 0.1) is 0 Å². The van der Waals surface area contributed by atoms with Gasteiger partial charge in [-0.15, -0.1) is 0 Å².